The normalized spacial score (nSPS) is 15.4. The van der Waals surface area contributed by atoms with Crippen molar-refractivity contribution >= 4 is 40.7 Å². The first-order valence-corrected chi connectivity index (χ1v) is 21.3. The van der Waals surface area contributed by atoms with Gasteiger partial charge in [0.25, 0.3) is 0 Å². The van der Waals surface area contributed by atoms with Crippen molar-refractivity contribution in [2.24, 2.45) is 5.92 Å². The summed E-state index contributed by atoms with van der Waals surface area (Å²) in [6.45, 7) is 10.3. The summed E-state index contributed by atoms with van der Waals surface area (Å²) in [6, 6.07) is 18.9. The lowest BCUT2D eigenvalue weighted by atomic mass is 9.86. The van der Waals surface area contributed by atoms with E-state index >= 15 is 0 Å². The fourth-order valence-corrected chi connectivity index (χ4v) is 8.06. The number of benzene rings is 2. The van der Waals surface area contributed by atoms with Crippen molar-refractivity contribution in [1.82, 2.24) is 35.7 Å². The standard InChI is InChI=1S/C42H57N7O5S2/c1-30(2)40-45-36(28-55-40)26-48(4)41(51)47-38(17-18-49-19-21-53-22-20-49)39(50)44-31(3)34(23-32-11-7-5-8-12-32)15-16-35(24-33-13-9-6-10-14-33)46-42(52)54-27-37-25-43-29-56-37/h5-14,25,28-31,34-35,38H,15-24,26-27H2,1-4H3,(H,44,50)(H,46,52)(H,47,51)/t31?,34-,35-,38+/m1/s1. The Morgan fingerprint density at radius 3 is 2.23 bits per heavy atom. The summed E-state index contributed by atoms with van der Waals surface area (Å²) in [7, 11) is 1.73. The molecule has 2 aromatic heterocycles. The van der Waals surface area contributed by atoms with Crippen LogP contribution in [0.5, 0.6) is 0 Å². The second-order valence-corrected chi connectivity index (χ2v) is 16.7. The third kappa shape index (κ3) is 14.3. The minimum Gasteiger partial charge on any atom is -0.444 e. The lowest BCUT2D eigenvalue weighted by molar-refractivity contribution is -0.124. The number of hydrogen-bond acceptors (Lipinski definition) is 10. The highest BCUT2D eigenvalue weighted by Crippen LogP contribution is 2.22. The monoisotopic (exact) mass is 803 g/mol. The van der Waals surface area contributed by atoms with Crippen LogP contribution in [0.3, 0.4) is 0 Å². The molecule has 4 amide bonds. The Hall–Kier alpha value is -4.37. The van der Waals surface area contributed by atoms with Crippen LogP contribution in [0.25, 0.3) is 0 Å². The molecule has 1 saturated heterocycles. The van der Waals surface area contributed by atoms with Gasteiger partial charge in [-0.25, -0.2) is 14.6 Å². The Morgan fingerprint density at radius 2 is 1.59 bits per heavy atom. The van der Waals surface area contributed by atoms with Gasteiger partial charge in [0, 0.05) is 56.3 Å². The zero-order valence-corrected chi connectivity index (χ0v) is 34.7. The maximum atomic E-state index is 14.2. The molecular weight excluding hydrogens is 747 g/mol. The zero-order valence-electron chi connectivity index (χ0n) is 33.0. The van der Waals surface area contributed by atoms with E-state index in [0.29, 0.717) is 51.5 Å². The molecule has 56 heavy (non-hydrogen) atoms. The van der Waals surface area contributed by atoms with Gasteiger partial charge in [-0.3, -0.25) is 14.7 Å². The molecule has 302 valence electrons. The minimum atomic E-state index is -0.741. The van der Waals surface area contributed by atoms with Crippen LogP contribution >= 0.6 is 22.7 Å². The van der Waals surface area contributed by atoms with Gasteiger partial charge in [0.2, 0.25) is 5.91 Å². The van der Waals surface area contributed by atoms with Gasteiger partial charge in [-0.1, -0.05) is 74.5 Å². The molecule has 12 nitrogen and oxygen atoms in total. The number of ether oxygens (including phenoxy) is 2. The molecular formula is C42H57N7O5S2. The molecule has 4 atom stereocenters. The maximum absolute atomic E-state index is 14.2. The molecule has 3 N–H and O–H groups in total. The van der Waals surface area contributed by atoms with Crippen molar-refractivity contribution in [3.63, 3.8) is 0 Å². The van der Waals surface area contributed by atoms with Crippen LogP contribution in [0.15, 0.2) is 77.8 Å². The molecule has 4 aromatic rings. The smallest absolute Gasteiger partial charge is 0.407 e. The van der Waals surface area contributed by atoms with E-state index in [2.05, 4.69) is 63.9 Å². The summed E-state index contributed by atoms with van der Waals surface area (Å²) in [5.41, 5.74) is 4.82. The number of carbonyl (C=O) groups excluding carboxylic acids is 3. The molecule has 14 heteroatoms. The first-order chi connectivity index (χ1) is 27.1. The molecule has 0 radical (unpaired) electrons. The molecule has 3 heterocycles. The number of urea groups is 1. The predicted octanol–water partition coefficient (Wildman–Crippen LogP) is 6.64. The largest absolute Gasteiger partial charge is 0.444 e. The summed E-state index contributed by atoms with van der Waals surface area (Å²) in [5.74, 6) is 0.135. The summed E-state index contributed by atoms with van der Waals surface area (Å²) in [6.07, 6.45) is 4.45. The molecule has 2 aromatic carbocycles. The van der Waals surface area contributed by atoms with Crippen LogP contribution in [-0.4, -0.2) is 95.8 Å². The number of rotatable bonds is 20. The van der Waals surface area contributed by atoms with E-state index in [1.54, 1.807) is 35.0 Å². The Kier molecular flexibility index (Phi) is 17.1. The van der Waals surface area contributed by atoms with E-state index in [-0.39, 0.29) is 36.5 Å². The summed E-state index contributed by atoms with van der Waals surface area (Å²) in [4.78, 5) is 54.3. The van der Waals surface area contributed by atoms with Crippen molar-refractivity contribution in [1.29, 1.82) is 0 Å². The van der Waals surface area contributed by atoms with Gasteiger partial charge in [-0.15, -0.1) is 22.7 Å². The number of amides is 4. The third-order valence-corrected chi connectivity index (χ3v) is 12.0. The van der Waals surface area contributed by atoms with Gasteiger partial charge in [-0.05, 0) is 56.1 Å². The second kappa shape index (κ2) is 22.4. The maximum Gasteiger partial charge on any atom is 0.407 e. The number of morpholine rings is 1. The van der Waals surface area contributed by atoms with Crippen LogP contribution in [0.2, 0.25) is 0 Å². The Morgan fingerprint density at radius 1 is 0.893 bits per heavy atom. The fourth-order valence-electron chi connectivity index (χ4n) is 6.73. The highest BCUT2D eigenvalue weighted by molar-refractivity contribution is 7.09. The predicted molar refractivity (Wildman–Crippen MR) is 222 cm³/mol. The SMILES string of the molecule is CC(C)c1nc(CN(C)C(=O)N[C@@H](CCN2CCOCC2)C(=O)NC(C)[C@H](CC[C@H](Cc2ccccc2)NC(=O)OCc2cncs2)Cc2ccccc2)cs1. The Balaban J connectivity index is 1.27. The summed E-state index contributed by atoms with van der Waals surface area (Å²) in [5, 5.41) is 12.5. The molecule has 1 aliphatic heterocycles. The van der Waals surface area contributed by atoms with E-state index in [4.69, 9.17) is 14.5 Å². The molecule has 1 fully saturated rings. The molecule has 0 spiro atoms. The van der Waals surface area contributed by atoms with Crippen LogP contribution < -0.4 is 16.0 Å². The second-order valence-electron chi connectivity index (χ2n) is 14.8. The molecule has 1 aliphatic rings. The van der Waals surface area contributed by atoms with E-state index < -0.39 is 12.1 Å². The number of aromatic nitrogens is 2. The molecule has 0 saturated carbocycles. The highest BCUT2D eigenvalue weighted by Gasteiger charge is 2.29. The van der Waals surface area contributed by atoms with Gasteiger partial charge >= 0.3 is 12.1 Å². The van der Waals surface area contributed by atoms with Gasteiger partial charge < -0.3 is 30.3 Å². The summed E-state index contributed by atoms with van der Waals surface area (Å²) >= 11 is 3.04. The average molecular weight is 804 g/mol. The molecule has 5 rings (SSSR count). The van der Waals surface area contributed by atoms with Crippen molar-refractivity contribution in [2.45, 2.75) is 90.1 Å². The van der Waals surface area contributed by atoms with Gasteiger partial charge in [0.15, 0.2) is 0 Å². The van der Waals surface area contributed by atoms with Crippen LogP contribution in [0.1, 0.15) is 72.7 Å². The highest BCUT2D eigenvalue weighted by atomic mass is 32.1. The van der Waals surface area contributed by atoms with Gasteiger partial charge in [0.1, 0.15) is 12.6 Å². The zero-order chi connectivity index (χ0) is 39.7. The number of carbonyl (C=O) groups is 3. The van der Waals surface area contributed by atoms with Crippen LogP contribution in [0, 0.1) is 5.92 Å². The molecule has 1 unspecified atom stereocenters. The van der Waals surface area contributed by atoms with E-state index in [1.807, 2.05) is 48.7 Å². The third-order valence-electron chi connectivity index (χ3n) is 10.0. The van der Waals surface area contributed by atoms with Crippen molar-refractivity contribution < 1.29 is 23.9 Å². The molecule has 0 bridgehead atoms. The number of alkyl carbamates (subject to hydrolysis) is 1. The van der Waals surface area contributed by atoms with Crippen LogP contribution in [0.4, 0.5) is 9.59 Å². The number of nitrogens with zero attached hydrogens (tertiary/aromatic N) is 4. The lowest BCUT2D eigenvalue weighted by Crippen LogP contribution is -2.54. The number of thiazole rings is 2. The van der Waals surface area contributed by atoms with Crippen molar-refractivity contribution in [3.8, 4) is 0 Å². The Bertz CT molecular complexity index is 1750. The van der Waals surface area contributed by atoms with Gasteiger partial charge in [-0.2, -0.15) is 0 Å². The van der Waals surface area contributed by atoms with Gasteiger partial charge in [0.05, 0.1) is 40.8 Å². The van der Waals surface area contributed by atoms with Crippen LogP contribution in [-0.2, 0) is 40.3 Å². The topological polar surface area (TPSA) is 138 Å². The van der Waals surface area contributed by atoms with Crippen molar-refractivity contribution in [3.05, 3.63) is 104 Å². The van der Waals surface area contributed by atoms with Crippen molar-refractivity contribution in [2.75, 3.05) is 39.9 Å². The minimum absolute atomic E-state index is 0.0349. The number of hydrogen-bond donors (Lipinski definition) is 3. The van der Waals surface area contributed by atoms with E-state index in [9.17, 15) is 14.4 Å². The fraction of sp³-hybridized carbons (Fsp3) is 0.500. The first-order valence-electron chi connectivity index (χ1n) is 19.6. The van der Waals surface area contributed by atoms with E-state index in [1.165, 1.54) is 11.3 Å². The Labute approximate surface area is 339 Å². The summed E-state index contributed by atoms with van der Waals surface area (Å²) < 4.78 is 11.1. The first kappa shape index (κ1) is 42.8. The van der Waals surface area contributed by atoms with E-state index in [0.717, 1.165) is 52.6 Å². The lowest BCUT2D eigenvalue weighted by Gasteiger charge is -2.31. The molecule has 0 aliphatic carbocycles. The average Bonchev–Trinajstić information content (AvgIpc) is 3.91. The quantitative estimate of drug-likeness (QED) is 0.0906. The number of nitrogens with one attached hydrogen (secondary N) is 3.